The first kappa shape index (κ1) is 18.4. The van der Waals surface area contributed by atoms with E-state index >= 15 is 0 Å². The van der Waals surface area contributed by atoms with Gasteiger partial charge in [0.25, 0.3) is 0 Å². The number of ether oxygens (including phenoxy) is 1. The van der Waals surface area contributed by atoms with E-state index in [4.69, 9.17) is 4.74 Å². The summed E-state index contributed by atoms with van der Waals surface area (Å²) in [6, 6.07) is 13.1. The summed E-state index contributed by atoms with van der Waals surface area (Å²) in [6.45, 7) is 2.47. The number of hydrogen-bond acceptors (Lipinski definition) is 4. The van der Waals surface area contributed by atoms with Gasteiger partial charge in [-0.3, -0.25) is 4.79 Å². The molecule has 0 aliphatic carbocycles. The van der Waals surface area contributed by atoms with Crippen molar-refractivity contribution < 1.29 is 17.9 Å². The molecule has 0 saturated carbocycles. The monoisotopic (exact) mass is 374 g/mol. The summed E-state index contributed by atoms with van der Waals surface area (Å²) < 4.78 is 32.8. The quantitative estimate of drug-likeness (QED) is 0.842. The van der Waals surface area contributed by atoms with Crippen LogP contribution in [0.25, 0.3) is 0 Å². The third-order valence-electron chi connectivity index (χ3n) is 4.53. The van der Waals surface area contributed by atoms with Crippen molar-refractivity contribution in [2.45, 2.75) is 30.7 Å². The minimum atomic E-state index is -3.74. The number of benzene rings is 2. The van der Waals surface area contributed by atoms with Crippen molar-refractivity contribution in [3.05, 3.63) is 54.1 Å². The Hall–Kier alpha value is -2.38. The molecule has 1 amide bonds. The first-order chi connectivity index (χ1) is 12.4. The molecule has 1 fully saturated rings. The molecule has 1 aliphatic rings. The summed E-state index contributed by atoms with van der Waals surface area (Å²) in [6.07, 6.45) is 1.27. The summed E-state index contributed by atoms with van der Waals surface area (Å²) >= 11 is 0. The van der Waals surface area contributed by atoms with Crippen molar-refractivity contribution in [3.63, 3.8) is 0 Å². The summed E-state index contributed by atoms with van der Waals surface area (Å²) in [5.74, 6) is 0.456. The number of aryl methyl sites for hydroxylation is 1. The Bertz CT molecular complexity index is 877. The minimum absolute atomic E-state index is 0.172. The van der Waals surface area contributed by atoms with Gasteiger partial charge in [-0.25, -0.2) is 8.42 Å². The zero-order chi connectivity index (χ0) is 18.7. The molecule has 1 atom stereocenters. The second-order valence-corrected chi connectivity index (χ2v) is 7.86. The lowest BCUT2D eigenvalue weighted by atomic mass is 10.2. The Kier molecular flexibility index (Phi) is 5.29. The molecule has 2 aromatic rings. The average Bonchev–Trinajstić information content (AvgIpc) is 3.01. The molecule has 0 bridgehead atoms. The summed E-state index contributed by atoms with van der Waals surface area (Å²) in [5, 5.41) is 0. The van der Waals surface area contributed by atoms with E-state index in [1.165, 1.54) is 0 Å². The number of amides is 1. The lowest BCUT2D eigenvalue weighted by molar-refractivity contribution is -0.118. The lowest BCUT2D eigenvalue weighted by Crippen LogP contribution is -2.41. The first-order valence-electron chi connectivity index (χ1n) is 8.51. The lowest BCUT2D eigenvalue weighted by Gasteiger charge is -2.17. The molecule has 0 aromatic heterocycles. The van der Waals surface area contributed by atoms with Crippen molar-refractivity contribution in [3.8, 4) is 5.75 Å². The van der Waals surface area contributed by atoms with Crippen molar-refractivity contribution in [2.24, 2.45) is 0 Å². The van der Waals surface area contributed by atoms with E-state index in [0.29, 0.717) is 18.7 Å². The standard InChI is InChI=1S/C19H22N2O4S/c1-3-14-4-10-17(11-5-14)26(23,24)20-18-12-13-21(19(18)22)15-6-8-16(25-2)9-7-15/h4-11,18,20H,3,12-13H2,1-2H3. The highest BCUT2D eigenvalue weighted by molar-refractivity contribution is 7.89. The van der Waals surface area contributed by atoms with Gasteiger partial charge in [0, 0.05) is 12.2 Å². The third kappa shape index (κ3) is 3.73. The number of hydrogen-bond donors (Lipinski definition) is 1. The fourth-order valence-corrected chi connectivity index (χ4v) is 4.19. The molecule has 138 valence electrons. The van der Waals surface area contributed by atoms with Crippen LogP contribution >= 0.6 is 0 Å². The maximum atomic E-state index is 12.6. The number of methoxy groups -OCH3 is 1. The van der Waals surface area contributed by atoms with Crippen molar-refractivity contribution in [1.29, 1.82) is 0 Å². The highest BCUT2D eigenvalue weighted by Crippen LogP contribution is 2.25. The Morgan fingerprint density at radius 2 is 1.77 bits per heavy atom. The average molecular weight is 374 g/mol. The molecule has 1 heterocycles. The number of carbonyl (C=O) groups excluding carboxylic acids is 1. The van der Waals surface area contributed by atoms with Crippen molar-refractivity contribution in [2.75, 3.05) is 18.6 Å². The molecule has 1 unspecified atom stereocenters. The number of nitrogens with zero attached hydrogens (tertiary/aromatic N) is 1. The van der Waals surface area contributed by atoms with Crippen LogP contribution in [0.15, 0.2) is 53.4 Å². The largest absolute Gasteiger partial charge is 0.497 e. The molecular formula is C19H22N2O4S. The van der Waals surface area contributed by atoms with Crippen LogP contribution in [0.5, 0.6) is 5.75 Å². The zero-order valence-electron chi connectivity index (χ0n) is 14.8. The third-order valence-corrected chi connectivity index (χ3v) is 6.02. The van der Waals surface area contributed by atoms with Crippen molar-refractivity contribution >= 4 is 21.6 Å². The fraction of sp³-hybridized carbons (Fsp3) is 0.316. The SMILES string of the molecule is CCc1ccc(S(=O)(=O)NC2CCN(c3ccc(OC)cc3)C2=O)cc1. The van der Waals surface area contributed by atoms with Gasteiger partial charge < -0.3 is 9.64 Å². The Morgan fingerprint density at radius 3 is 2.35 bits per heavy atom. The highest BCUT2D eigenvalue weighted by Gasteiger charge is 2.35. The van der Waals surface area contributed by atoms with Crippen LogP contribution in [0.2, 0.25) is 0 Å². The molecule has 1 N–H and O–H groups in total. The molecule has 3 rings (SSSR count). The summed E-state index contributed by atoms with van der Waals surface area (Å²) in [4.78, 5) is 14.4. The fourth-order valence-electron chi connectivity index (χ4n) is 2.97. The first-order valence-corrected chi connectivity index (χ1v) is 9.99. The Morgan fingerprint density at radius 1 is 1.12 bits per heavy atom. The van der Waals surface area contributed by atoms with Crippen LogP contribution < -0.4 is 14.4 Å². The van der Waals surface area contributed by atoms with Gasteiger partial charge in [0.05, 0.1) is 12.0 Å². The molecule has 6 nitrogen and oxygen atoms in total. The van der Waals surface area contributed by atoms with Gasteiger partial charge >= 0.3 is 0 Å². The second kappa shape index (κ2) is 7.47. The maximum Gasteiger partial charge on any atom is 0.245 e. The molecule has 0 spiro atoms. The normalized spacial score (nSPS) is 17.5. The highest BCUT2D eigenvalue weighted by atomic mass is 32.2. The van der Waals surface area contributed by atoms with Gasteiger partial charge in [0.1, 0.15) is 11.8 Å². The smallest absolute Gasteiger partial charge is 0.245 e. The van der Waals surface area contributed by atoms with Gasteiger partial charge in [0.2, 0.25) is 15.9 Å². The molecular weight excluding hydrogens is 352 g/mol. The maximum absolute atomic E-state index is 12.6. The van der Waals surface area contributed by atoms with E-state index in [-0.39, 0.29) is 10.8 Å². The molecule has 0 radical (unpaired) electrons. The van der Waals surface area contributed by atoms with Crippen LogP contribution in [0, 0.1) is 0 Å². The minimum Gasteiger partial charge on any atom is -0.497 e. The van der Waals surface area contributed by atoms with Gasteiger partial charge in [-0.05, 0) is 54.8 Å². The Labute approximate surface area is 153 Å². The van der Waals surface area contributed by atoms with Gasteiger partial charge in [-0.2, -0.15) is 4.72 Å². The van der Waals surface area contributed by atoms with Crippen LogP contribution in [0.1, 0.15) is 18.9 Å². The van der Waals surface area contributed by atoms with Crippen LogP contribution in [0.3, 0.4) is 0 Å². The summed E-state index contributed by atoms with van der Waals surface area (Å²) in [7, 11) is -2.16. The zero-order valence-corrected chi connectivity index (χ0v) is 15.6. The molecule has 7 heteroatoms. The van der Waals surface area contributed by atoms with Crippen LogP contribution in [-0.2, 0) is 21.2 Å². The van der Waals surface area contributed by atoms with E-state index in [9.17, 15) is 13.2 Å². The predicted molar refractivity (Wildman–Crippen MR) is 99.9 cm³/mol. The number of carbonyl (C=O) groups is 1. The topological polar surface area (TPSA) is 75.7 Å². The van der Waals surface area contributed by atoms with Gasteiger partial charge in [0.15, 0.2) is 0 Å². The van der Waals surface area contributed by atoms with E-state index in [1.807, 2.05) is 6.92 Å². The summed E-state index contributed by atoms with van der Waals surface area (Å²) in [5.41, 5.74) is 1.79. The predicted octanol–water partition coefficient (Wildman–Crippen LogP) is 2.34. The van der Waals surface area contributed by atoms with E-state index in [2.05, 4.69) is 4.72 Å². The number of sulfonamides is 1. The Balaban J connectivity index is 1.72. The number of rotatable bonds is 6. The van der Waals surface area contributed by atoms with Crippen LogP contribution in [-0.4, -0.2) is 34.0 Å². The van der Waals surface area contributed by atoms with Crippen LogP contribution in [0.4, 0.5) is 5.69 Å². The molecule has 26 heavy (non-hydrogen) atoms. The second-order valence-electron chi connectivity index (χ2n) is 6.15. The van der Waals surface area contributed by atoms with E-state index < -0.39 is 16.1 Å². The van der Waals surface area contributed by atoms with Gasteiger partial charge in [-0.15, -0.1) is 0 Å². The number of anilines is 1. The van der Waals surface area contributed by atoms with Crippen molar-refractivity contribution in [1.82, 2.24) is 4.72 Å². The van der Waals surface area contributed by atoms with E-state index in [1.54, 1.807) is 60.5 Å². The van der Waals surface area contributed by atoms with E-state index in [0.717, 1.165) is 17.7 Å². The number of nitrogens with one attached hydrogen (secondary N) is 1. The molecule has 2 aromatic carbocycles. The molecule has 1 aliphatic heterocycles. The van der Waals surface area contributed by atoms with Gasteiger partial charge in [-0.1, -0.05) is 19.1 Å². The molecule has 1 saturated heterocycles.